The van der Waals surface area contributed by atoms with Crippen LogP contribution < -0.4 is 4.74 Å². The molecule has 0 N–H and O–H groups in total. The Labute approximate surface area is 154 Å². The highest BCUT2D eigenvalue weighted by Crippen LogP contribution is 2.40. The van der Waals surface area contributed by atoms with Crippen LogP contribution in [0.2, 0.25) is 0 Å². The molecule has 1 aromatic carbocycles. The van der Waals surface area contributed by atoms with Gasteiger partial charge in [-0.25, -0.2) is 14.4 Å². The Balaban J connectivity index is 2.02. The Morgan fingerprint density at radius 3 is 2.48 bits per heavy atom. The number of alkyl halides is 3. The van der Waals surface area contributed by atoms with Gasteiger partial charge in [-0.3, -0.25) is 0 Å². The Morgan fingerprint density at radius 1 is 1.22 bits per heavy atom. The first-order valence-corrected chi connectivity index (χ1v) is 8.59. The maximum atomic E-state index is 14.1. The van der Waals surface area contributed by atoms with E-state index >= 15 is 0 Å². The first-order valence-electron chi connectivity index (χ1n) is 8.59. The second kappa shape index (κ2) is 7.34. The van der Waals surface area contributed by atoms with Crippen molar-refractivity contribution >= 4 is 17.9 Å². The number of rotatable bonds is 2. The molecule has 1 atom stereocenters. The molecule has 0 aliphatic carbocycles. The molecule has 1 unspecified atom stereocenters. The smallest absolute Gasteiger partial charge is 0.403 e. The van der Waals surface area contributed by atoms with Gasteiger partial charge in [0.2, 0.25) is 5.96 Å². The van der Waals surface area contributed by atoms with E-state index in [-0.39, 0.29) is 5.69 Å². The molecule has 0 bridgehead atoms. The summed E-state index contributed by atoms with van der Waals surface area (Å²) in [7, 11) is 2.03. The standard InChI is InChI=1S/C17H21F4N5O/c1-4-22-26-11(2)12-9-15(27-17(19,20)21)13(18)10-14(12)23-16(26)25-7-5-24(3)6-8-25/h4,9-11H,5-8H2,1-3H3/b22-4-. The second-order valence-corrected chi connectivity index (χ2v) is 6.49. The number of likely N-dealkylation sites (N-methyl/N-ethyl adjacent to an activating group) is 1. The van der Waals surface area contributed by atoms with E-state index in [1.165, 1.54) is 0 Å². The van der Waals surface area contributed by atoms with Crippen molar-refractivity contribution in [3.05, 3.63) is 23.5 Å². The Hall–Kier alpha value is -2.36. The first-order chi connectivity index (χ1) is 12.7. The van der Waals surface area contributed by atoms with Crippen LogP contribution in [0.3, 0.4) is 0 Å². The number of nitrogens with zero attached hydrogens (tertiary/aromatic N) is 5. The predicted octanol–water partition coefficient (Wildman–Crippen LogP) is 3.34. The summed E-state index contributed by atoms with van der Waals surface area (Å²) in [6, 6.07) is 1.60. The van der Waals surface area contributed by atoms with Crippen LogP contribution >= 0.6 is 0 Å². The first kappa shape index (κ1) is 19.4. The molecule has 2 heterocycles. The zero-order valence-electron chi connectivity index (χ0n) is 15.3. The van der Waals surface area contributed by atoms with Gasteiger partial charge in [-0.2, -0.15) is 5.10 Å². The zero-order chi connectivity index (χ0) is 19.8. The number of aliphatic imine (C=N–C) groups is 1. The van der Waals surface area contributed by atoms with E-state index in [0.717, 1.165) is 38.3 Å². The third-order valence-corrected chi connectivity index (χ3v) is 4.58. The number of hydrazone groups is 1. The molecule has 10 heteroatoms. The minimum Gasteiger partial charge on any atom is -0.403 e. The van der Waals surface area contributed by atoms with E-state index in [1.54, 1.807) is 25.1 Å². The number of halogens is 4. The number of hydrogen-bond donors (Lipinski definition) is 0. The molecule has 3 rings (SSSR count). The maximum Gasteiger partial charge on any atom is 0.573 e. The van der Waals surface area contributed by atoms with E-state index in [1.807, 2.05) is 11.9 Å². The fraction of sp³-hybridized carbons (Fsp3) is 0.529. The van der Waals surface area contributed by atoms with Gasteiger partial charge in [-0.1, -0.05) is 0 Å². The minimum atomic E-state index is -4.97. The van der Waals surface area contributed by atoms with E-state index in [2.05, 4.69) is 19.7 Å². The molecule has 6 nitrogen and oxygen atoms in total. The van der Waals surface area contributed by atoms with Crippen LogP contribution in [-0.2, 0) is 0 Å². The Morgan fingerprint density at radius 2 is 1.89 bits per heavy atom. The van der Waals surface area contributed by atoms with Crippen LogP contribution in [0.5, 0.6) is 5.75 Å². The SMILES string of the molecule is C/C=N\N1C(N2CCN(C)CC2)=Nc2cc(F)c(OC(F)(F)F)cc2C1C. The monoisotopic (exact) mass is 387 g/mol. The van der Waals surface area contributed by atoms with Crippen LogP contribution in [0.25, 0.3) is 0 Å². The lowest BCUT2D eigenvalue weighted by Gasteiger charge is -2.41. The number of fused-ring (bicyclic) bond motifs is 1. The van der Waals surface area contributed by atoms with Crippen LogP contribution in [0.4, 0.5) is 23.2 Å². The largest absolute Gasteiger partial charge is 0.573 e. The molecular weight excluding hydrogens is 366 g/mol. The van der Waals surface area contributed by atoms with E-state index in [0.29, 0.717) is 11.5 Å². The topological polar surface area (TPSA) is 43.7 Å². The molecule has 27 heavy (non-hydrogen) atoms. The fourth-order valence-corrected chi connectivity index (χ4v) is 3.15. The molecule has 0 amide bonds. The number of guanidine groups is 1. The average Bonchev–Trinajstić information content (AvgIpc) is 2.58. The average molecular weight is 387 g/mol. The minimum absolute atomic E-state index is 0.283. The van der Waals surface area contributed by atoms with Crippen molar-refractivity contribution in [3.63, 3.8) is 0 Å². The quantitative estimate of drug-likeness (QED) is 0.577. The van der Waals surface area contributed by atoms with Crippen LogP contribution in [0.1, 0.15) is 25.5 Å². The summed E-state index contributed by atoms with van der Waals surface area (Å²) >= 11 is 0. The fourth-order valence-electron chi connectivity index (χ4n) is 3.15. The highest BCUT2D eigenvalue weighted by molar-refractivity contribution is 5.86. The van der Waals surface area contributed by atoms with Gasteiger partial charge in [0.15, 0.2) is 11.6 Å². The Kier molecular flexibility index (Phi) is 5.27. The van der Waals surface area contributed by atoms with Crippen LogP contribution in [0.15, 0.2) is 22.2 Å². The lowest BCUT2D eigenvalue weighted by molar-refractivity contribution is -0.275. The summed E-state index contributed by atoms with van der Waals surface area (Å²) in [4.78, 5) is 8.73. The van der Waals surface area contributed by atoms with E-state index in [4.69, 9.17) is 0 Å². The summed E-state index contributed by atoms with van der Waals surface area (Å²) in [5, 5.41) is 5.97. The molecule has 1 fully saturated rings. The van der Waals surface area contributed by atoms with Gasteiger partial charge in [-0.05, 0) is 27.0 Å². The molecule has 1 aromatic rings. The number of benzene rings is 1. The molecule has 0 saturated carbocycles. The van der Waals surface area contributed by atoms with Crippen molar-refractivity contribution in [2.75, 3.05) is 33.2 Å². The molecule has 1 saturated heterocycles. The summed E-state index contributed by atoms with van der Waals surface area (Å²) in [5.41, 5.74) is 0.699. The molecular formula is C17H21F4N5O. The second-order valence-electron chi connectivity index (χ2n) is 6.49. The zero-order valence-corrected chi connectivity index (χ0v) is 15.3. The van der Waals surface area contributed by atoms with Crippen LogP contribution in [0, 0.1) is 5.82 Å². The third kappa shape index (κ3) is 4.15. The highest BCUT2D eigenvalue weighted by Gasteiger charge is 2.36. The lowest BCUT2D eigenvalue weighted by atomic mass is 10.0. The molecule has 2 aliphatic heterocycles. The number of ether oxygens (including phenoxy) is 1. The highest BCUT2D eigenvalue weighted by atomic mass is 19.4. The van der Waals surface area contributed by atoms with Gasteiger partial charge in [0, 0.05) is 44.0 Å². The van der Waals surface area contributed by atoms with Crippen molar-refractivity contribution in [3.8, 4) is 5.75 Å². The van der Waals surface area contributed by atoms with Gasteiger partial charge < -0.3 is 14.5 Å². The third-order valence-electron chi connectivity index (χ3n) is 4.58. The van der Waals surface area contributed by atoms with Crippen molar-refractivity contribution in [1.29, 1.82) is 0 Å². The van der Waals surface area contributed by atoms with Gasteiger partial charge in [0.25, 0.3) is 0 Å². The van der Waals surface area contributed by atoms with E-state index < -0.39 is 24.0 Å². The van der Waals surface area contributed by atoms with Crippen molar-refractivity contribution in [2.24, 2.45) is 10.1 Å². The summed E-state index contributed by atoms with van der Waals surface area (Å²) in [6.45, 7) is 6.67. The molecule has 0 spiro atoms. The van der Waals surface area contributed by atoms with Crippen molar-refractivity contribution in [2.45, 2.75) is 26.3 Å². The van der Waals surface area contributed by atoms with Gasteiger partial charge in [0.1, 0.15) is 0 Å². The molecule has 148 valence electrons. The predicted molar refractivity (Wildman–Crippen MR) is 93.7 cm³/mol. The summed E-state index contributed by atoms with van der Waals surface area (Å²) in [5.74, 6) is -1.41. The Bertz CT molecular complexity index is 756. The lowest BCUT2D eigenvalue weighted by Crippen LogP contribution is -2.52. The number of hydrogen-bond acceptors (Lipinski definition) is 6. The van der Waals surface area contributed by atoms with Gasteiger partial charge >= 0.3 is 6.36 Å². The van der Waals surface area contributed by atoms with Gasteiger partial charge in [0.05, 0.1) is 11.7 Å². The van der Waals surface area contributed by atoms with Crippen molar-refractivity contribution < 1.29 is 22.3 Å². The molecule has 2 aliphatic rings. The van der Waals surface area contributed by atoms with E-state index in [9.17, 15) is 17.6 Å². The normalized spacial score (nSPS) is 21.4. The summed E-state index contributed by atoms with van der Waals surface area (Å²) in [6.07, 6.45) is -3.38. The summed E-state index contributed by atoms with van der Waals surface area (Å²) < 4.78 is 55.5. The number of piperazine rings is 1. The molecule has 0 radical (unpaired) electrons. The van der Waals surface area contributed by atoms with Crippen LogP contribution in [-0.4, -0.2) is 66.6 Å². The maximum absolute atomic E-state index is 14.1. The molecule has 0 aromatic heterocycles. The van der Waals surface area contributed by atoms with Crippen molar-refractivity contribution in [1.82, 2.24) is 14.8 Å². The van der Waals surface area contributed by atoms with Gasteiger partial charge in [-0.15, -0.1) is 13.2 Å².